The second kappa shape index (κ2) is 8.43. The van der Waals surface area contributed by atoms with Crippen LogP contribution in [0.25, 0.3) is 0 Å². The van der Waals surface area contributed by atoms with Crippen molar-refractivity contribution in [2.24, 2.45) is 4.99 Å². The molecule has 2 aromatic rings. The molecule has 0 saturated heterocycles. The summed E-state index contributed by atoms with van der Waals surface area (Å²) in [5.74, 6) is 0.543. The van der Waals surface area contributed by atoms with Crippen molar-refractivity contribution in [1.82, 2.24) is 15.6 Å². The van der Waals surface area contributed by atoms with Gasteiger partial charge < -0.3 is 10.6 Å². The van der Waals surface area contributed by atoms with Crippen LogP contribution in [-0.4, -0.2) is 31.1 Å². The summed E-state index contributed by atoms with van der Waals surface area (Å²) in [5, 5.41) is 7.72. The third kappa shape index (κ3) is 5.26. The lowest BCUT2D eigenvalue weighted by molar-refractivity contribution is 0.473. The summed E-state index contributed by atoms with van der Waals surface area (Å²) in [6.45, 7) is 9.51. The summed E-state index contributed by atoms with van der Waals surface area (Å²) in [6.07, 6.45) is 0.858. The molecule has 0 aliphatic carbocycles. The van der Waals surface area contributed by atoms with E-state index >= 15 is 0 Å². The number of aromatic nitrogens is 1. The van der Waals surface area contributed by atoms with Gasteiger partial charge in [0.05, 0.1) is 10.7 Å². The van der Waals surface area contributed by atoms with Gasteiger partial charge in [-0.25, -0.2) is 9.37 Å². The lowest BCUT2D eigenvalue weighted by Crippen LogP contribution is -2.44. The molecule has 0 unspecified atom stereocenters. The first-order chi connectivity index (χ1) is 11.8. The van der Waals surface area contributed by atoms with E-state index in [1.54, 1.807) is 24.5 Å². The first kappa shape index (κ1) is 19.4. The van der Waals surface area contributed by atoms with Crippen LogP contribution in [0.15, 0.2) is 29.3 Å². The highest BCUT2D eigenvalue weighted by atomic mass is 32.1. The number of nitrogens with one attached hydrogen (secondary N) is 2. The zero-order valence-corrected chi connectivity index (χ0v) is 16.4. The van der Waals surface area contributed by atoms with E-state index in [-0.39, 0.29) is 11.2 Å². The number of hydrogen-bond acceptors (Lipinski definition) is 3. The van der Waals surface area contributed by atoms with Gasteiger partial charge in [-0.2, -0.15) is 0 Å². The molecular formula is C19H27FN4S. The van der Waals surface area contributed by atoms with Gasteiger partial charge in [0.25, 0.3) is 0 Å². The fraction of sp³-hybridized carbons (Fsp3) is 0.474. The van der Waals surface area contributed by atoms with Gasteiger partial charge in [0.15, 0.2) is 5.96 Å². The third-order valence-electron chi connectivity index (χ3n) is 4.23. The molecule has 136 valence electrons. The lowest BCUT2D eigenvalue weighted by Gasteiger charge is -2.27. The fourth-order valence-electron chi connectivity index (χ4n) is 2.56. The zero-order valence-electron chi connectivity index (χ0n) is 15.6. The Morgan fingerprint density at radius 1 is 1.24 bits per heavy atom. The van der Waals surface area contributed by atoms with Gasteiger partial charge in [-0.05, 0) is 25.5 Å². The van der Waals surface area contributed by atoms with Gasteiger partial charge in [0.1, 0.15) is 5.82 Å². The predicted molar refractivity (Wildman–Crippen MR) is 104 cm³/mol. The van der Waals surface area contributed by atoms with Crippen LogP contribution in [0.5, 0.6) is 0 Å². The van der Waals surface area contributed by atoms with E-state index < -0.39 is 0 Å². The lowest BCUT2D eigenvalue weighted by atomic mass is 9.84. The van der Waals surface area contributed by atoms with Crippen molar-refractivity contribution < 1.29 is 4.39 Å². The highest BCUT2D eigenvalue weighted by Crippen LogP contribution is 2.24. The minimum atomic E-state index is -0.341. The molecule has 1 heterocycles. The minimum absolute atomic E-state index is 0.174. The quantitative estimate of drug-likeness (QED) is 0.610. The van der Waals surface area contributed by atoms with E-state index in [9.17, 15) is 4.39 Å². The van der Waals surface area contributed by atoms with Crippen molar-refractivity contribution in [3.05, 3.63) is 51.2 Å². The normalized spacial score (nSPS) is 12.3. The maximum atomic E-state index is 14.0. The maximum Gasteiger partial charge on any atom is 0.191 e. The van der Waals surface area contributed by atoms with Crippen LogP contribution < -0.4 is 10.6 Å². The van der Waals surface area contributed by atoms with Crippen molar-refractivity contribution in [3.63, 3.8) is 0 Å². The molecule has 0 fully saturated rings. The molecule has 0 aliphatic heterocycles. The number of nitrogens with zero attached hydrogens (tertiary/aromatic N) is 2. The van der Waals surface area contributed by atoms with Crippen LogP contribution in [0, 0.1) is 19.7 Å². The second-order valence-electron chi connectivity index (χ2n) is 6.72. The molecule has 4 nitrogen and oxygen atoms in total. The Kier molecular flexibility index (Phi) is 6.53. The molecule has 6 heteroatoms. The van der Waals surface area contributed by atoms with Gasteiger partial charge in [0, 0.05) is 36.9 Å². The van der Waals surface area contributed by atoms with Crippen molar-refractivity contribution >= 4 is 17.3 Å². The van der Waals surface area contributed by atoms with Crippen molar-refractivity contribution in [3.8, 4) is 0 Å². The number of hydrogen-bond donors (Lipinski definition) is 2. The van der Waals surface area contributed by atoms with Crippen LogP contribution in [0.3, 0.4) is 0 Å². The van der Waals surface area contributed by atoms with Gasteiger partial charge in [-0.3, -0.25) is 4.99 Å². The summed E-state index contributed by atoms with van der Waals surface area (Å²) in [6, 6.07) is 6.92. The van der Waals surface area contributed by atoms with E-state index in [0.717, 1.165) is 29.6 Å². The van der Waals surface area contributed by atoms with E-state index in [4.69, 9.17) is 0 Å². The zero-order chi connectivity index (χ0) is 18.4. The molecule has 0 amide bonds. The van der Waals surface area contributed by atoms with E-state index in [0.29, 0.717) is 12.1 Å². The van der Waals surface area contributed by atoms with Gasteiger partial charge in [0.2, 0.25) is 0 Å². The molecule has 0 spiro atoms. The number of aryl methyl sites for hydroxylation is 2. The molecule has 25 heavy (non-hydrogen) atoms. The molecule has 1 aromatic carbocycles. The molecule has 0 radical (unpaired) electrons. The first-order valence-electron chi connectivity index (χ1n) is 8.46. The van der Waals surface area contributed by atoms with E-state index in [1.165, 1.54) is 10.9 Å². The van der Waals surface area contributed by atoms with Gasteiger partial charge in [-0.15, -0.1) is 11.3 Å². The van der Waals surface area contributed by atoms with Crippen LogP contribution in [0.1, 0.15) is 35.0 Å². The number of aliphatic imine (C=N–C) groups is 1. The summed E-state index contributed by atoms with van der Waals surface area (Å²) in [5.41, 5.74) is 1.47. The summed E-state index contributed by atoms with van der Waals surface area (Å²) in [4.78, 5) is 10.1. The average molecular weight is 363 g/mol. The molecule has 2 N–H and O–H groups in total. The largest absolute Gasteiger partial charge is 0.356 e. The smallest absolute Gasteiger partial charge is 0.191 e. The van der Waals surface area contributed by atoms with Crippen LogP contribution >= 0.6 is 11.3 Å². The predicted octanol–water partition coefficient (Wildman–Crippen LogP) is 3.58. The van der Waals surface area contributed by atoms with E-state index in [2.05, 4.69) is 27.5 Å². The van der Waals surface area contributed by atoms with Crippen molar-refractivity contribution in [1.29, 1.82) is 0 Å². The number of guanidine groups is 1. The molecular weight excluding hydrogens is 335 g/mol. The number of benzene rings is 1. The highest BCUT2D eigenvalue weighted by molar-refractivity contribution is 7.11. The number of rotatable bonds is 6. The Morgan fingerprint density at radius 3 is 2.56 bits per heavy atom. The summed E-state index contributed by atoms with van der Waals surface area (Å²) in [7, 11) is 1.74. The summed E-state index contributed by atoms with van der Waals surface area (Å²) >= 11 is 1.74. The van der Waals surface area contributed by atoms with Crippen molar-refractivity contribution in [2.75, 3.05) is 20.1 Å². The van der Waals surface area contributed by atoms with Crippen LogP contribution in [0.2, 0.25) is 0 Å². The standard InChI is InChI=1S/C19H27FN4S/c1-13-14(2)25-17(24-13)10-11-22-18(21-5)23-12-19(3,4)15-8-6-7-9-16(15)20/h6-9H,10-12H2,1-5H3,(H2,21,22,23). The number of halogens is 1. The Bertz CT molecular complexity index is 717. The molecule has 2 rings (SSSR count). The Morgan fingerprint density at radius 2 is 1.96 bits per heavy atom. The maximum absolute atomic E-state index is 14.0. The third-order valence-corrected chi connectivity index (χ3v) is 5.36. The second-order valence-corrected chi connectivity index (χ2v) is 8.00. The Balaban J connectivity index is 1.86. The monoisotopic (exact) mass is 362 g/mol. The minimum Gasteiger partial charge on any atom is -0.356 e. The highest BCUT2D eigenvalue weighted by Gasteiger charge is 2.24. The first-order valence-corrected chi connectivity index (χ1v) is 9.27. The molecule has 0 aliphatic rings. The average Bonchev–Trinajstić information content (AvgIpc) is 2.89. The molecule has 1 aromatic heterocycles. The van der Waals surface area contributed by atoms with Crippen molar-refractivity contribution in [2.45, 2.75) is 39.5 Å². The van der Waals surface area contributed by atoms with Crippen LogP contribution in [0.4, 0.5) is 4.39 Å². The van der Waals surface area contributed by atoms with E-state index in [1.807, 2.05) is 32.9 Å². The van der Waals surface area contributed by atoms with Gasteiger partial charge in [-0.1, -0.05) is 32.0 Å². The van der Waals surface area contributed by atoms with Crippen LogP contribution in [-0.2, 0) is 11.8 Å². The summed E-state index contributed by atoms with van der Waals surface area (Å²) < 4.78 is 14.0. The Hall–Kier alpha value is -1.95. The topological polar surface area (TPSA) is 49.3 Å². The fourth-order valence-corrected chi connectivity index (χ4v) is 3.50. The number of thiazole rings is 1. The molecule has 0 saturated carbocycles. The van der Waals surface area contributed by atoms with Gasteiger partial charge >= 0.3 is 0 Å². The molecule has 0 bridgehead atoms. The molecule has 0 atom stereocenters. The Labute approximate surface area is 153 Å². The SMILES string of the molecule is CN=C(NCCc1nc(C)c(C)s1)NCC(C)(C)c1ccccc1F.